The van der Waals surface area contributed by atoms with Gasteiger partial charge in [-0.05, 0) is 48.1 Å². The van der Waals surface area contributed by atoms with Crippen molar-refractivity contribution in [3.8, 4) is 11.4 Å². The van der Waals surface area contributed by atoms with Crippen molar-refractivity contribution in [3.63, 3.8) is 0 Å². The second-order valence-corrected chi connectivity index (χ2v) is 9.61. The first-order chi connectivity index (χ1) is 15.2. The Labute approximate surface area is 188 Å². The molecule has 0 N–H and O–H groups in total. The summed E-state index contributed by atoms with van der Waals surface area (Å²) in [5.41, 5.74) is 8.28. The van der Waals surface area contributed by atoms with Gasteiger partial charge in [0.1, 0.15) is 5.82 Å². The fourth-order valence-electron chi connectivity index (χ4n) is 5.61. The molecule has 3 aromatic rings. The van der Waals surface area contributed by atoms with Crippen LogP contribution in [0.3, 0.4) is 0 Å². The standard InChI is InChI=1S/C26H28ClN3O/c1-29-25-14-30(12-11-24(25)28-26(29)21-6-2-3-8-23(21)27)19-10-9-17-5-4-7-20(22(17)13-19)18-15-31-16-18/h2-8,18-19H,9-16H2,1H3. The van der Waals surface area contributed by atoms with Gasteiger partial charge in [0.25, 0.3) is 0 Å². The van der Waals surface area contributed by atoms with Crippen molar-refractivity contribution in [2.45, 2.75) is 44.2 Å². The summed E-state index contributed by atoms with van der Waals surface area (Å²) in [4.78, 5) is 7.68. The molecule has 5 heteroatoms. The fourth-order valence-corrected chi connectivity index (χ4v) is 5.83. The van der Waals surface area contributed by atoms with Gasteiger partial charge in [0, 0.05) is 44.1 Å². The van der Waals surface area contributed by atoms with Crippen molar-refractivity contribution < 1.29 is 4.74 Å². The largest absolute Gasteiger partial charge is 0.380 e. The zero-order valence-corrected chi connectivity index (χ0v) is 18.7. The number of ether oxygens (including phenoxy) is 1. The smallest absolute Gasteiger partial charge is 0.141 e. The van der Waals surface area contributed by atoms with Gasteiger partial charge in [0.2, 0.25) is 0 Å². The molecule has 1 aliphatic carbocycles. The molecule has 2 aliphatic heterocycles. The highest BCUT2D eigenvalue weighted by Crippen LogP contribution is 2.36. The maximum atomic E-state index is 6.48. The lowest BCUT2D eigenvalue weighted by Crippen LogP contribution is -2.43. The summed E-state index contributed by atoms with van der Waals surface area (Å²) in [7, 11) is 2.14. The van der Waals surface area contributed by atoms with Crippen LogP contribution in [-0.2, 0) is 37.6 Å². The van der Waals surface area contributed by atoms with Gasteiger partial charge in [-0.2, -0.15) is 0 Å². The summed E-state index contributed by atoms with van der Waals surface area (Å²) in [6.07, 6.45) is 4.59. The number of rotatable bonds is 3. The molecule has 1 fully saturated rings. The number of aromatic nitrogens is 2. The van der Waals surface area contributed by atoms with Crippen LogP contribution in [0.1, 0.15) is 40.4 Å². The Hall–Kier alpha value is -2.14. The van der Waals surface area contributed by atoms with Crippen molar-refractivity contribution >= 4 is 11.6 Å². The Balaban J connectivity index is 1.26. The molecule has 1 atom stereocenters. The summed E-state index contributed by atoms with van der Waals surface area (Å²) in [5.74, 6) is 1.58. The van der Waals surface area contributed by atoms with E-state index in [1.165, 1.54) is 29.8 Å². The van der Waals surface area contributed by atoms with E-state index >= 15 is 0 Å². The molecule has 0 saturated carbocycles. The Morgan fingerprint density at radius 2 is 1.94 bits per heavy atom. The molecular formula is C26H28ClN3O. The predicted octanol–water partition coefficient (Wildman–Crippen LogP) is 4.77. The molecule has 0 bridgehead atoms. The third-order valence-electron chi connectivity index (χ3n) is 7.49. The molecule has 1 saturated heterocycles. The van der Waals surface area contributed by atoms with Gasteiger partial charge < -0.3 is 9.30 Å². The van der Waals surface area contributed by atoms with E-state index in [1.54, 1.807) is 11.1 Å². The van der Waals surface area contributed by atoms with Crippen LogP contribution in [0.2, 0.25) is 5.02 Å². The number of benzene rings is 2. The first-order valence-corrected chi connectivity index (χ1v) is 11.8. The van der Waals surface area contributed by atoms with Gasteiger partial charge in [-0.25, -0.2) is 4.98 Å². The maximum Gasteiger partial charge on any atom is 0.141 e. The average molecular weight is 434 g/mol. The molecule has 4 nitrogen and oxygen atoms in total. The van der Waals surface area contributed by atoms with E-state index in [0.29, 0.717) is 12.0 Å². The number of fused-ring (bicyclic) bond motifs is 2. The van der Waals surface area contributed by atoms with E-state index in [-0.39, 0.29) is 0 Å². The van der Waals surface area contributed by atoms with Crippen molar-refractivity contribution in [3.05, 3.63) is 75.6 Å². The van der Waals surface area contributed by atoms with Crippen LogP contribution in [0.25, 0.3) is 11.4 Å². The molecule has 0 amide bonds. The van der Waals surface area contributed by atoms with E-state index in [1.807, 2.05) is 18.2 Å². The van der Waals surface area contributed by atoms with E-state index in [9.17, 15) is 0 Å². The highest BCUT2D eigenvalue weighted by atomic mass is 35.5. The third kappa shape index (κ3) is 3.32. The third-order valence-corrected chi connectivity index (χ3v) is 7.82. The van der Waals surface area contributed by atoms with Crippen LogP contribution < -0.4 is 0 Å². The van der Waals surface area contributed by atoms with Crippen LogP contribution in [0.15, 0.2) is 42.5 Å². The minimum atomic E-state index is 0.594. The van der Waals surface area contributed by atoms with Crippen molar-refractivity contribution in [1.29, 1.82) is 0 Å². The van der Waals surface area contributed by atoms with Crippen molar-refractivity contribution in [2.24, 2.45) is 7.05 Å². The lowest BCUT2D eigenvalue weighted by Gasteiger charge is -2.39. The van der Waals surface area contributed by atoms with Gasteiger partial charge >= 0.3 is 0 Å². The van der Waals surface area contributed by atoms with Crippen LogP contribution in [0, 0.1) is 0 Å². The normalized spacial score (nSPS) is 21.4. The van der Waals surface area contributed by atoms with Crippen LogP contribution >= 0.6 is 11.6 Å². The average Bonchev–Trinajstić information content (AvgIpc) is 3.08. The molecule has 0 radical (unpaired) electrons. The molecule has 2 aromatic carbocycles. The second kappa shape index (κ2) is 7.77. The van der Waals surface area contributed by atoms with E-state index in [4.69, 9.17) is 21.3 Å². The van der Waals surface area contributed by atoms with Crippen LogP contribution in [-0.4, -0.2) is 40.3 Å². The summed E-state index contributed by atoms with van der Waals surface area (Å²) in [6, 6.07) is 15.5. The lowest BCUT2D eigenvalue weighted by atomic mass is 9.80. The van der Waals surface area contributed by atoms with Crippen LogP contribution in [0.4, 0.5) is 0 Å². The molecule has 1 unspecified atom stereocenters. The maximum absolute atomic E-state index is 6.48. The van der Waals surface area contributed by atoms with Gasteiger partial charge in [0.05, 0.1) is 29.6 Å². The molecular weight excluding hydrogens is 406 g/mol. The van der Waals surface area contributed by atoms with Gasteiger partial charge in [-0.3, -0.25) is 4.90 Å². The number of hydrogen-bond donors (Lipinski definition) is 0. The van der Waals surface area contributed by atoms with E-state index in [0.717, 1.165) is 55.6 Å². The summed E-state index contributed by atoms with van der Waals surface area (Å²) < 4.78 is 7.75. The van der Waals surface area contributed by atoms with Crippen molar-refractivity contribution in [1.82, 2.24) is 14.5 Å². The monoisotopic (exact) mass is 433 g/mol. The molecule has 3 heterocycles. The zero-order chi connectivity index (χ0) is 20.9. The number of halogens is 1. The summed E-state index contributed by atoms with van der Waals surface area (Å²) >= 11 is 6.48. The minimum absolute atomic E-state index is 0.594. The molecule has 6 rings (SSSR count). The highest BCUT2D eigenvalue weighted by molar-refractivity contribution is 6.33. The quantitative estimate of drug-likeness (QED) is 0.596. The lowest BCUT2D eigenvalue weighted by molar-refractivity contribution is 0.00779. The Morgan fingerprint density at radius 3 is 2.74 bits per heavy atom. The number of nitrogens with zero attached hydrogens (tertiary/aromatic N) is 3. The molecule has 0 spiro atoms. The predicted molar refractivity (Wildman–Crippen MR) is 124 cm³/mol. The fraction of sp³-hybridized carbons (Fsp3) is 0.423. The molecule has 3 aliphatic rings. The Kier molecular flexibility index (Phi) is 4.90. The highest BCUT2D eigenvalue weighted by Gasteiger charge is 2.33. The van der Waals surface area contributed by atoms with Crippen LogP contribution in [0.5, 0.6) is 0 Å². The molecule has 160 valence electrons. The SMILES string of the molecule is Cn1c(-c2ccccc2Cl)nc2c1CN(C1CCc3cccc(C4COC4)c3C1)CC2. The minimum Gasteiger partial charge on any atom is -0.380 e. The Morgan fingerprint density at radius 1 is 1.06 bits per heavy atom. The molecule has 31 heavy (non-hydrogen) atoms. The first-order valence-electron chi connectivity index (χ1n) is 11.4. The zero-order valence-electron chi connectivity index (χ0n) is 18.0. The van der Waals surface area contributed by atoms with E-state index < -0.39 is 0 Å². The number of imidazole rings is 1. The van der Waals surface area contributed by atoms with E-state index in [2.05, 4.69) is 40.8 Å². The number of aryl methyl sites for hydroxylation is 1. The Bertz CT molecular complexity index is 1130. The molecule has 1 aromatic heterocycles. The first kappa shape index (κ1) is 19.5. The van der Waals surface area contributed by atoms with Gasteiger partial charge in [-0.1, -0.05) is 41.9 Å². The summed E-state index contributed by atoms with van der Waals surface area (Å²) in [6.45, 7) is 3.82. The van der Waals surface area contributed by atoms with Gasteiger partial charge in [0.15, 0.2) is 0 Å². The van der Waals surface area contributed by atoms with Crippen molar-refractivity contribution in [2.75, 3.05) is 19.8 Å². The van der Waals surface area contributed by atoms with Gasteiger partial charge in [-0.15, -0.1) is 0 Å². The summed E-state index contributed by atoms with van der Waals surface area (Å²) in [5, 5.41) is 0.765. The second-order valence-electron chi connectivity index (χ2n) is 9.20. The topological polar surface area (TPSA) is 30.3 Å². The number of hydrogen-bond acceptors (Lipinski definition) is 3.